The Labute approximate surface area is 118 Å². The minimum Gasteiger partial charge on any atom is -0.496 e. The van der Waals surface area contributed by atoms with Gasteiger partial charge in [-0.2, -0.15) is 0 Å². The molecule has 1 N–H and O–H groups in total. The van der Waals surface area contributed by atoms with Gasteiger partial charge in [-0.25, -0.2) is 4.98 Å². The highest BCUT2D eigenvalue weighted by Gasteiger charge is 2.15. The molecule has 0 atom stereocenters. The smallest absolute Gasteiger partial charge is 0.229 e. The van der Waals surface area contributed by atoms with E-state index in [0.29, 0.717) is 5.89 Å². The molecule has 1 aromatic heterocycles. The van der Waals surface area contributed by atoms with Gasteiger partial charge < -0.3 is 14.5 Å². The summed E-state index contributed by atoms with van der Waals surface area (Å²) in [6, 6.07) is 7.76. The number of aromatic nitrogens is 1. The monoisotopic (exact) mass is 273 g/mol. The highest BCUT2D eigenvalue weighted by atomic mass is 16.5. The van der Waals surface area contributed by atoms with Crippen molar-refractivity contribution in [3.63, 3.8) is 0 Å². The van der Waals surface area contributed by atoms with E-state index in [1.54, 1.807) is 13.4 Å². The third-order valence-electron chi connectivity index (χ3n) is 3.48. The molecule has 106 valence electrons. The number of piperazine rings is 1. The van der Waals surface area contributed by atoms with Crippen molar-refractivity contribution in [1.29, 1.82) is 0 Å². The first kappa shape index (κ1) is 13.1. The first-order valence-corrected chi connectivity index (χ1v) is 6.87. The van der Waals surface area contributed by atoms with Gasteiger partial charge in [0, 0.05) is 32.7 Å². The van der Waals surface area contributed by atoms with Crippen LogP contribution in [0.25, 0.3) is 11.5 Å². The van der Waals surface area contributed by atoms with Crippen LogP contribution in [0.5, 0.6) is 5.75 Å². The summed E-state index contributed by atoms with van der Waals surface area (Å²) in [5.41, 5.74) is 1.86. The lowest BCUT2D eigenvalue weighted by atomic mass is 10.2. The van der Waals surface area contributed by atoms with Crippen LogP contribution in [0.1, 0.15) is 5.69 Å². The molecule has 5 heteroatoms. The molecule has 1 fully saturated rings. The average Bonchev–Trinajstić information content (AvgIpc) is 2.96. The molecule has 3 rings (SSSR count). The van der Waals surface area contributed by atoms with Crippen LogP contribution in [0.3, 0.4) is 0 Å². The van der Waals surface area contributed by atoms with Crippen molar-refractivity contribution in [3.8, 4) is 17.2 Å². The standard InChI is InChI=1S/C15H19N3O2/c1-19-14-5-3-2-4-13(14)15-17-12(11-20-15)10-18-8-6-16-7-9-18/h2-5,11,16H,6-10H2,1H3. The zero-order chi connectivity index (χ0) is 13.8. The van der Waals surface area contributed by atoms with Gasteiger partial charge in [0.2, 0.25) is 5.89 Å². The third kappa shape index (κ3) is 2.84. The van der Waals surface area contributed by atoms with E-state index in [4.69, 9.17) is 9.15 Å². The molecule has 0 radical (unpaired) electrons. The maximum atomic E-state index is 5.60. The minimum atomic E-state index is 0.618. The predicted molar refractivity (Wildman–Crippen MR) is 76.6 cm³/mol. The number of benzene rings is 1. The van der Waals surface area contributed by atoms with Crippen molar-refractivity contribution in [2.45, 2.75) is 6.54 Å². The predicted octanol–water partition coefficient (Wildman–Crippen LogP) is 1.76. The third-order valence-corrected chi connectivity index (χ3v) is 3.48. The second-order valence-electron chi connectivity index (χ2n) is 4.87. The summed E-state index contributed by atoms with van der Waals surface area (Å²) in [7, 11) is 1.66. The van der Waals surface area contributed by atoms with Crippen LogP contribution < -0.4 is 10.1 Å². The van der Waals surface area contributed by atoms with Crippen molar-refractivity contribution in [2.24, 2.45) is 0 Å². The molecule has 0 aliphatic carbocycles. The molecule has 0 spiro atoms. The number of rotatable bonds is 4. The highest BCUT2D eigenvalue weighted by Crippen LogP contribution is 2.28. The fourth-order valence-corrected chi connectivity index (χ4v) is 2.42. The SMILES string of the molecule is COc1ccccc1-c1nc(CN2CCNCC2)co1. The Kier molecular flexibility index (Phi) is 3.99. The van der Waals surface area contributed by atoms with E-state index in [1.807, 2.05) is 24.3 Å². The number of nitrogens with zero attached hydrogens (tertiary/aromatic N) is 2. The number of hydrogen-bond donors (Lipinski definition) is 1. The molecule has 2 aromatic rings. The van der Waals surface area contributed by atoms with E-state index in [2.05, 4.69) is 15.2 Å². The molecular weight excluding hydrogens is 254 g/mol. The lowest BCUT2D eigenvalue weighted by molar-refractivity contribution is 0.230. The summed E-state index contributed by atoms with van der Waals surface area (Å²) in [4.78, 5) is 6.95. The Bertz CT molecular complexity index is 562. The maximum Gasteiger partial charge on any atom is 0.229 e. The summed E-state index contributed by atoms with van der Waals surface area (Å²) < 4.78 is 10.9. The normalized spacial score (nSPS) is 16.2. The molecule has 0 amide bonds. The number of para-hydroxylation sites is 1. The highest BCUT2D eigenvalue weighted by molar-refractivity contribution is 5.62. The molecular formula is C15H19N3O2. The van der Waals surface area contributed by atoms with Crippen molar-refractivity contribution in [1.82, 2.24) is 15.2 Å². The van der Waals surface area contributed by atoms with Gasteiger partial charge in [-0.1, -0.05) is 12.1 Å². The van der Waals surface area contributed by atoms with Crippen LogP contribution in [0.15, 0.2) is 34.9 Å². The van der Waals surface area contributed by atoms with Crippen molar-refractivity contribution < 1.29 is 9.15 Å². The van der Waals surface area contributed by atoms with Crippen LogP contribution >= 0.6 is 0 Å². The van der Waals surface area contributed by atoms with Gasteiger partial charge >= 0.3 is 0 Å². The van der Waals surface area contributed by atoms with Crippen molar-refractivity contribution in [3.05, 3.63) is 36.2 Å². The Morgan fingerprint density at radius 3 is 2.90 bits per heavy atom. The van der Waals surface area contributed by atoms with E-state index < -0.39 is 0 Å². The molecule has 20 heavy (non-hydrogen) atoms. The number of oxazole rings is 1. The Hall–Kier alpha value is -1.85. The summed E-state index contributed by atoms with van der Waals surface area (Å²) >= 11 is 0. The maximum absolute atomic E-state index is 5.60. The van der Waals surface area contributed by atoms with Gasteiger partial charge in [0.25, 0.3) is 0 Å². The molecule has 0 bridgehead atoms. The first-order chi connectivity index (χ1) is 9.86. The average molecular weight is 273 g/mol. The van der Waals surface area contributed by atoms with Crippen LogP contribution in [0.2, 0.25) is 0 Å². The summed E-state index contributed by atoms with van der Waals surface area (Å²) in [5.74, 6) is 1.40. The van der Waals surface area contributed by atoms with E-state index in [1.165, 1.54) is 0 Å². The van der Waals surface area contributed by atoms with Gasteiger partial charge in [-0.3, -0.25) is 4.90 Å². The van der Waals surface area contributed by atoms with Gasteiger partial charge in [0.15, 0.2) is 0 Å². The molecule has 1 aliphatic rings. The second kappa shape index (κ2) is 6.07. The molecule has 5 nitrogen and oxygen atoms in total. The summed E-state index contributed by atoms with van der Waals surface area (Å²) in [6.45, 7) is 5.02. The zero-order valence-corrected chi connectivity index (χ0v) is 11.6. The number of nitrogens with one attached hydrogen (secondary N) is 1. The van der Waals surface area contributed by atoms with E-state index in [9.17, 15) is 0 Å². The Morgan fingerprint density at radius 1 is 1.30 bits per heavy atom. The fourth-order valence-electron chi connectivity index (χ4n) is 2.42. The molecule has 1 aliphatic heterocycles. The summed E-state index contributed by atoms with van der Waals surface area (Å²) in [5, 5.41) is 3.34. The topological polar surface area (TPSA) is 50.5 Å². The quantitative estimate of drug-likeness (QED) is 0.920. The van der Waals surface area contributed by atoms with Gasteiger partial charge in [0.1, 0.15) is 12.0 Å². The van der Waals surface area contributed by atoms with Gasteiger partial charge in [0.05, 0.1) is 18.4 Å². The van der Waals surface area contributed by atoms with Crippen LogP contribution in [0, 0.1) is 0 Å². The lowest BCUT2D eigenvalue weighted by Gasteiger charge is -2.26. The molecule has 0 saturated carbocycles. The number of ether oxygens (including phenoxy) is 1. The molecule has 0 unspecified atom stereocenters. The lowest BCUT2D eigenvalue weighted by Crippen LogP contribution is -2.42. The first-order valence-electron chi connectivity index (χ1n) is 6.87. The van der Waals surface area contributed by atoms with Gasteiger partial charge in [-0.15, -0.1) is 0 Å². The molecule has 1 aromatic carbocycles. The largest absolute Gasteiger partial charge is 0.496 e. The van der Waals surface area contributed by atoms with E-state index in [-0.39, 0.29) is 0 Å². The Balaban J connectivity index is 1.75. The van der Waals surface area contributed by atoms with Crippen LogP contribution in [0.4, 0.5) is 0 Å². The van der Waals surface area contributed by atoms with Gasteiger partial charge in [-0.05, 0) is 12.1 Å². The molecule has 1 saturated heterocycles. The zero-order valence-electron chi connectivity index (χ0n) is 11.6. The fraction of sp³-hybridized carbons (Fsp3) is 0.400. The Morgan fingerprint density at radius 2 is 2.10 bits per heavy atom. The molecule has 2 heterocycles. The second-order valence-corrected chi connectivity index (χ2v) is 4.87. The number of hydrogen-bond acceptors (Lipinski definition) is 5. The number of methoxy groups -OCH3 is 1. The van der Waals surface area contributed by atoms with Crippen LogP contribution in [-0.2, 0) is 6.54 Å². The van der Waals surface area contributed by atoms with E-state index >= 15 is 0 Å². The van der Waals surface area contributed by atoms with E-state index in [0.717, 1.165) is 49.7 Å². The van der Waals surface area contributed by atoms with Crippen LogP contribution in [-0.4, -0.2) is 43.2 Å². The summed E-state index contributed by atoms with van der Waals surface area (Å²) in [6.07, 6.45) is 1.74. The van der Waals surface area contributed by atoms with Crippen molar-refractivity contribution in [2.75, 3.05) is 33.3 Å². The van der Waals surface area contributed by atoms with Crippen molar-refractivity contribution >= 4 is 0 Å². The minimum absolute atomic E-state index is 0.618.